The Labute approximate surface area is 185 Å². The van der Waals surface area contributed by atoms with E-state index in [1.54, 1.807) is 31.6 Å². The minimum atomic E-state index is -0.418. The molecule has 1 unspecified atom stereocenters. The third kappa shape index (κ3) is 4.20. The predicted molar refractivity (Wildman–Crippen MR) is 121 cm³/mol. The van der Waals surface area contributed by atoms with Crippen molar-refractivity contribution in [1.82, 2.24) is 25.2 Å². The molecule has 8 nitrogen and oxygen atoms in total. The van der Waals surface area contributed by atoms with Gasteiger partial charge in [0.05, 0.1) is 17.4 Å². The van der Waals surface area contributed by atoms with E-state index >= 15 is 4.39 Å². The van der Waals surface area contributed by atoms with E-state index in [4.69, 9.17) is 0 Å². The molecule has 1 atom stereocenters. The van der Waals surface area contributed by atoms with Gasteiger partial charge in [-0.25, -0.2) is 9.37 Å². The number of rotatable bonds is 5. The number of pyridine rings is 3. The fourth-order valence-corrected chi connectivity index (χ4v) is 4.19. The molecule has 1 fully saturated rings. The molecule has 1 amide bonds. The first-order chi connectivity index (χ1) is 15.4. The lowest BCUT2D eigenvalue weighted by Crippen LogP contribution is -2.51. The summed E-state index contributed by atoms with van der Waals surface area (Å²) in [7, 11) is 1.58. The molecule has 32 heavy (non-hydrogen) atoms. The van der Waals surface area contributed by atoms with Crippen molar-refractivity contribution < 1.29 is 9.18 Å². The van der Waals surface area contributed by atoms with Gasteiger partial charge in [-0.2, -0.15) is 0 Å². The maximum absolute atomic E-state index is 15.1. The molecule has 0 radical (unpaired) electrons. The summed E-state index contributed by atoms with van der Waals surface area (Å²) in [5, 5.41) is 2.57. The fourth-order valence-electron chi connectivity index (χ4n) is 4.19. The Hall–Kier alpha value is -3.33. The molecule has 0 aromatic carbocycles. The van der Waals surface area contributed by atoms with Gasteiger partial charge in [0.15, 0.2) is 5.82 Å². The van der Waals surface area contributed by atoms with E-state index in [0.29, 0.717) is 35.3 Å². The SMILES string of the molecule is CCc1cc2ncc(CN3CCN(c4ccc(C(=O)NC)nc4)C(C)C3)c(F)c2[nH]c1=O. The van der Waals surface area contributed by atoms with Gasteiger partial charge in [0, 0.05) is 56.6 Å². The first-order valence-electron chi connectivity index (χ1n) is 10.8. The summed E-state index contributed by atoms with van der Waals surface area (Å²) < 4.78 is 15.1. The Bertz CT molecular complexity index is 1190. The van der Waals surface area contributed by atoms with Crippen LogP contribution in [0.1, 0.15) is 35.5 Å². The quantitative estimate of drug-likeness (QED) is 0.634. The molecule has 2 N–H and O–H groups in total. The van der Waals surface area contributed by atoms with Crippen molar-refractivity contribution in [2.45, 2.75) is 32.9 Å². The molecule has 4 heterocycles. The smallest absolute Gasteiger partial charge is 0.269 e. The molecule has 1 aliphatic rings. The highest BCUT2D eigenvalue weighted by Crippen LogP contribution is 2.23. The zero-order valence-electron chi connectivity index (χ0n) is 18.5. The monoisotopic (exact) mass is 438 g/mol. The number of carbonyl (C=O) groups excluding carboxylic acids is 1. The first-order valence-corrected chi connectivity index (χ1v) is 10.8. The highest BCUT2D eigenvalue weighted by Gasteiger charge is 2.25. The van der Waals surface area contributed by atoms with Gasteiger partial charge in [-0.3, -0.25) is 19.5 Å². The van der Waals surface area contributed by atoms with E-state index in [-0.39, 0.29) is 23.0 Å². The van der Waals surface area contributed by atoms with Crippen LogP contribution < -0.4 is 15.8 Å². The van der Waals surface area contributed by atoms with Crippen LogP contribution in [0.3, 0.4) is 0 Å². The van der Waals surface area contributed by atoms with Gasteiger partial charge in [-0.1, -0.05) is 6.92 Å². The maximum Gasteiger partial charge on any atom is 0.269 e. The van der Waals surface area contributed by atoms with Gasteiger partial charge in [0.2, 0.25) is 0 Å². The normalized spacial score (nSPS) is 17.0. The van der Waals surface area contributed by atoms with Crippen molar-refractivity contribution in [3.8, 4) is 0 Å². The van der Waals surface area contributed by atoms with Gasteiger partial charge in [-0.05, 0) is 31.5 Å². The Morgan fingerprint density at radius 3 is 2.72 bits per heavy atom. The third-order valence-corrected chi connectivity index (χ3v) is 5.98. The van der Waals surface area contributed by atoms with Crippen molar-refractivity contribution in [1.29, 1.82) is 0 Å². The molecule has 1 saturated heterocycles. The lowest BCUT2D eigenvalue weighted by Gasteiger charge is -2.41. The molecule has 0 saturated carbocycles. The zero-order valence-corrected chi connectivity index (χ0v) is 18.5. The van der Waals surface area contributed by atoms with Crippen LogP contribution in [-0.2, 0) is 13.0 Å². The molecule has 1 aliphatic heterocycles. The summed E-state index contributed by atoms with van der Waals surface area (Å²) in [6, 6.07) is 5.46. The number of halogens is 1. The number of nitrogens with one attached hydrogen (secondary N) is 2. The van der Waals surface area contributed by atoms with E-state index in [9.17, 15) is 9.59 Å². The molecule has 3 aromatic heterocycles. The number of aromatic amines is 1. The number of H-pyrrole nitrogens is 1. The maximum atomic E-state index is 15.1. The van der Waals surface area contributed by atoms with Gasteiger partial charge in [0.25, 0.3) is 11.5 Å². The lowest BCUT2D eigenvalue weighted by atomic mass is 10.1. The number of piperazine rings is 1. The van der Waals surface area contributed by atoms with E-state index in [2.05, 4.69) is 37.0 Å². The summed E-state index contributed by atoms with van der Waals surface area (Å²) >= 11 is 0. The zero-order chi connectivity index (χ0) is 22.8. The Kier molecular flexibility index (Phi) is 6.18. The van der Waals surface area contributed by atoms with Crippen molar-refractivity contribution in [3.63, 3.8) is 0 Å². The molecule has 0 aliphatic carbocycles. The van der Waals surface area contributed by atoms with Gasteiger partial charge >= 0.3 is 0 Å². The Morgan fingerprint density at radius 2 is 2.06 bits per heavy atom. The number of aromatic nitrogens is 3. The van der Waals surface area contributed by atoms with E-state index in [1.807, 2.05) is 13.0 Å². The first kappa shape index (κ1) is 21.9. The highest BCUT2D eigenvalue weighted by atomic mass is 19.1. The van der Waals surface area contributed by atoms with Gasteiger partial charge in [-0.15, -0.1) is 0 Å². The molecule has 0 spiro atoms. The standard InChI is InChI=1S/C23H27FN6O2/c1-4-15-9-19-21(28-22(15)31)20(24)16(10-26-19)13-29-7-8-30(14(2)12-29)17-5-6-18(27-11-17)23(32)25-3/h5-6,9-11,14H,4,7-8,12-13H2,1-3H3,(H,25,32)(H,28,31). The summed E-state index contributed by atoms with van der Waals surface area (Å²) in [6.45, 7) is 6.63. The second-order valence-electron chi connectivity index (χ2n) is 8.09. The summed E-state index contributed by atoms with van der Waals surface area (Å²) in [6.07, 6.45) is 3.85. The van der Waals surface area contributed by atoms with Crippen molar-refractivity contribution in [3.05, 3.63) is 63.6 Å². The second kappa shape index (κ2) is 9.04. The number of amides is 1. The van der Waals surface area contributed by atoms with Crippen LogP contribution in [0, 0.1) is 5.82 Å². The number of hydrogen-bond acceptors (Lipinski definition) is 6. The van der Waals surface area contributed by atoms with Gasteiger partial charge in [0.1, 0.15) is 11.2 Å². The summed E-state index contributed by atoms with van der Waals surface area (Å²) in [4.78, 5) is 39.5. The van der Waals surface area contributed by atoms with E-state index in [0.717, 1.165) is 25.3 Å². The number of hydrogen-bond donors (Lipinski definition) is 2. The average molecular weight is 439 g/mol. The summed E-state index contributed by atoms with van der Waals surface area (Å²) in [5.41, 5.74) is 2.76. The molecule has 0 bridgehead atoms. The number of nitrogens with zero attached hydrogens (tertiary/aromatic N) is 4. The number of carbonyl (C=O) groups is 1. The molecule has 3 aromatic rings. The molecular formula is C23H27FN6O2. The van der Waals surface area contributed by atoms with Crippen LogP contribution in [-0.4, -0.2) is 58.5 Å². The summed E-state index contributed by atoms with van der Waals surface area (Å²) in [5.74, 6) is -0.633. The van der Waals surface area contributed by atoms with Crippen LogP contribution in [0.2, 0.25) is 0 Å². The molecule has 168 valence electrons. The molecular weight excluding hydrogens is 411 g/mol. The average Bonchev–Trinajstić information content (AvgIpc) is 2.80. The minimum Gasteiger partial charge on any atom is -0.365 e. The third-order valence-electron chi connectivity index (χ3n) is 5.98. The number of fused-ring (bicyclic) bond motifs is 1. The van der Waals surface area contributed by atoms with Crippen molar-refractivity contribution in [2.24, 2.45) is 0 Å². The Balaban J connectivity index is 1.47. The van der Waals surface area contributed by atoms with Crippen molar-refractivity contribution in [2.75, 3.05) is 31.6 Å². The Morgan fingerprint density at radius 1 is 1.25 bits per heavy atom. The second-order valence-corrected chi connectivity index (χ2v) is 8.09. The highest BCUT2D eigenvalue weighted by molar-refractivity contribution is 5.92. The molecule has 9 heteroatoms. The van der Waals surface area contributed by atoms with E-state index < -0.39 is 5.82 Å². The lowest BCUT2D eigenvalue weighted by molar-refractivity contribution is 0.0958. The molecule has 4 rings (SSSR count). The van der Waals surface area contributed by atoms with Crippen LogP contribution in [0.5, 0.6) is 0 Å². The van der Waals surface area contributed by atoms with Crippen molar-refractivity contribution >= 4 is 22.6 Å². The van der Waals surface area contributed by atoms with Crippen LogP contribution in [0.25, 0.3) is 11.0 Å². The van der Waals surface area contributed by atoms with Gasteiger partial charge < -0.3 is 15.2 Å². The number of aryl methyl sites for hydroxylation is 1. The minimum absolute atomic E-state index is 0.165. The topological polar surface area (TPSA) is 94.2 Å². The number of anilines is 1. The van der Waals surface area contributed by atoms with Crippen LogP contribution >= 0.6 is 0 Å². The van der Waals surface area contributed by atoms with Crippen LogP contribution in [0.4, 0.5) is 10.1 Å². The fraction of sp³-hybridized carbons (Fsp3) is 0.391. The largest absolute Gasteiger partial charge is 0.365 e. The van der Waals surface area contributed by atoms with Crippen LogP contribution in [0.15, 0.2) is 35.4 Å². The van der Waals surface area contributed by atoms with E-state index in [1.165, 1.54) is 0 Å². The predicted octanol–water partition coefficient (Wildman–Crippen LogP) is 2.09.